The van der Waals surface area contributed by atoms with E-state index in [1.54, 1.807) is 0 Å². The zero-order chi connectivity index (χ0) is 16.1. The number of hydrogen-bond donors (Lipinski definition) is 0. The summed E-state index contributed by atoms with van der Waals surface area (Å²) in [4.78, 5) is 23.3. The minimum absolute atomic E-state index is 0.373. The molecule has 0 aromatic carbocycles. The average molecular weight is 314 g/mol. The van der Waals surface area contributed by atoms with Gasteiger partial charge in [-0.3, -0.25) is 0 Å². The van der Waals surface area contributed by atoms with Gasteiger partial charge in [0, 0.05) is 12.2 Å². The Hall–Kier alpha value is -1.10. The lowest BCUT2D eigenvalue weighted by molar-refractivity contribution is -0.138. The van der Waals surface area contributed by atoms with Crippen molar-refractivity contribution in [3.8, 4) is 0 Å². The molecule has 0 unspecified atom stereocenters. The first-order chi connectivity index (χ1) is 10.0. The molecule has 0 N–H and O–H groups in total. The van der Waals surface area contributed by atoms with Crippen molar-refractivity contribution >= 4 is 20.3 Å². The zero-order valence-corrected chi connectivity index (χ0v) is 14.9. The fourth-order valence-corrected chi connectivity index (χ4v) is 6.81. The Morgan fingerprint density at radius 2 is 1.29 bits per heavy atom. The van der Waals surface area contributed by atoms with Gasteiger partial charge in [-0.25, -0.2) is 9.59 Å². The van der Waals surface area contributed by atoms with E-state index in [-0.39, 0.29) is 0 Å². The lowest BCUT2D eigenvalue weighted by atomic mass is 10.5. The fourth-order valence-electron chi connectivity index (χ4n) is 2.53. The minimum Gasteiger partial charge on any atom is -0.516 e. The quantitative estimate of drug-likeness (QED) is 0.325. The predicted molar refractivity (Wildman–Crippen MR) is 87.5 cm³/mol. The Kier molecular flexibility index (Phi) is 10.9. The molecule has 0 fully saturated rings. The highest BCUT2D eigenvalue weighted by Gasteiger charge is 2.35. The molecular weight excluding hydrogens is 284 g/mol. The van der Waals surface area contributed by atoms with E-state index in [4.69, 9.17) is 9.16 Å². The van der Waals surface area contributed by atoms with Crippen molar-refractivity contribution in [3.05, 3.63) is 12.2 Å². The van der Waals surface area contributed by atoms with E-state index in [1.165, 1.54) is 12.2 Å². The van der Waals surface area contributed by atoms with Crippen molar-refractivity contribution in [2.75, 3.05) is 6.61 Å². The van der Waals surface area contributed by atoms with Gasteiger partial charge in [0.25, 0.3) is 8.32 Å². The Morgan fingerprint density at radius 3 is 1.71 bits per heavy atom. The molecule has 0 aliphatic rings. The maximum Gasteiger partial charge on any atom is 0.331 e. The van der Waals surface area contributed by atoms with Crippen LogP contribution in [0.4, 0.5) is 0 Å². The Labute approximate surface area is 130 Å². The first-order valence-electron chi connectivity index (χ1n) is 8.11. The lowest BCUT2D eigenvalue weighted by Crippen LogP contribution is -2.39. The molecule has 122 valence electrons. The van der Waals surface area contributed by atoms with E-state index in [1.807, 2.05) is 6.92 Å². The van der Waals surface area contributed by atoms with E-state index in [0.717, 1.165) is 43.8 Å². The first-order valence-corrected chi connectivity index (χ1v) is 10.6. The van der Waals surface area contributed by atoms with Crippen molar-refractivity contribution < 1.29 is 18.8 Å². The molecule has 21 heavy (non-hydrogen) atoms. The third-order valence-electron chi connectivity index (χ3n) is 3.24. The van der Waals surface area contributed by atoms with Crippen molar-refractivity contribution in [1.82, 2.24) is 0 Å². The maximum atomic E-state index is 12.0. The number of rotatable bonds is 11. The van der Waals surface area contributed by atoms with Crippen molar-refractivity contribution in [2.45, 2.75) is 71.5 Å². The summed E-state index contributed by atoms with van der Waals surface area (Å²) in [5.74, 6) is -0.881. The third kappa shape index (κ3) is 8.70. The van der Waals surface area contributed by atoms with Crippen LogP contribution in [0.3, 0.4) is 0 Å². The second-order valence-corrected chi connectivity index (χ2v) is 9.43. The summed E-state index contributed by atoms with van der Waals surface area (Å²) in [5.41, 5.74) is 0. The summed E-state index contributed by atoms with van der Waals surface area (Å²) in [6, 6.07) is 2.98. The Morgan fingerprint density at radius 1 is 0.810 bits per heavy atom. The Balaban J connectivity index is 4.64. The van der Waals surface area contributed by atoms with E-state index >= 15 is 0 Å². The van der Waals surface area contributed by atoms with Crippen LogP contribution in [0.1, 0.15) is 53.4 Å². The first kappa shape index (κ1) is 19.9. The van der Waals surface area contributed by atoms with Crippen LogP contribution in [-0.4, -0.2) is 26.9 Å². The molecule has 0 heterocycles. The molecule has 0 radical (unpaired) electrons. The predicted octanol–water partition coefficient (Wildman–Crippen LogP) is 4.21. The molecule has 0 aliphatic heterocycles. The van der Waals surface area contributed by atoms with E-state index in [0.29, 0.717) is 6.61 Å². The van der Waals surface area contributed by atoms with Gasteiger partial charge in [0.15, 0.2) is 0 Å². The minimum atomic E-state index is -2.01. The van der Waals surface area contributed by atoms with Crippen LogP contribution >= 0.6 is 0 Å². The van der Waals surface area contributed by atoms with Crippen LogP contribution in [-0.2, 0) is 18.8 Å². The van der Waals surface area contributed by atoms with Gasteiger partial charge < -0.3 is 9.16 Å². The van der Waals surface area contributed by atoms with Crippen molar-refractivity contribution in [1.29, 1.82) is 0 Å². The molecule has 0 amide bonds. The molecule has 4 nitrogen and oxygen atoms in total. The zero-order valence-electron chi connectivity index (χ0n) is 13.9. The van der Waals surface area contributed by atoms with Crippen LogP contribution in [0.15, 0.2) is 12.2 Å². The second kappa shape index (κ2) is 11.5. The number of ether oxygens (including phenoxy) is 1. The highest BCUT2D eigenvalue weighted by Crippen LogP contribution is 2.27. The normalized spacial score (nSPS) is 11.6. The van der Waals surface area contributed by atoms with Gasteiger partial charge in [-0.2, -0.15) is 0 Å². The van der Waals surface area contributed by atoms with E-state index in [9.17, 15) is 9.59 Å². The molecule has 0 atom stereocenters. The van der Waals surface area contributed by atoms with Gasteiger partial charge in [-0.1, -0.05) is 47.0 Å². The van der Waals surface area contributed by atoms with Gasteiger partial charge in [-0.15, -0.1) is 0 Å². The van der Waals surface area contributed by atoms with Gasteiger partial charge >= 0.3 is 11.9 Å². The van der Waals surface area contributed by atoms with Gasteiger partial charge in [0.1, 0.15) is 0 Å². The lowest BCUT2D eigenvalue weighted by Gasteiger charge is -2.29. The number of esters is 1. The Bertz CT molecular complexity index is 322. The maximum absolute atomic E-state index is 12.0. The molecule has 0 saturated heterocycles. The molecule has 0 aromatic heterocycles. The van der Waals surface area contributed by atoms with Crippen LogP contribution < -0.4 is 0 Å². The standard InChI is InChI=1S/C16H30O4Si/c1-5-11-19-15(17)9-10-16(18)20-21(12-6-2,13-7-3)14-8-4/h9-10H,5-8,11-14H2,1-4H3. The molecular formula is C16H30O4Si. The van der Waals surface area contributed by atoms with Gasteiger partial charge in [0.05, 0.1) is 6.61 Å². The van der Waals surface area contributed by atoms with Crippen molar-refractivity contribution in [2.24, 2.45) is 0 Å². The van der Waals surface area contributed by atoms with Crippen LogP contribution in [0, 0.1) is 0 Å². The second-order valence-electron chi connectivity index (χ2n) is 5.35. The largest absolute Gasteiger partial charge is 0.516 e. The van der Waals surface area contributed by atoms with Gasteiger partial charge in [-0.05, 0) is 24.6 Å². The average Bonchev–Trinajstić information content (AvgIpc) is 2.43. The molecule has 5 heteroatoms. The fraction of sp³-hybridized carbons (Fsp3) is 0.750. The monoisotopic (exact) mass is 314 g/mol. The molecule has 0 saturated carbocycles. The highest BCUT2D eigenvalue weighted by atomic mass is 28.4. The molecule has 0 aromatic rings. The van der Waals surface area contributed by atoms with Crippen molar-refractivity contribution in [3.63, 3.8) is 0 Å². The topological polar surface area (TPSA) is 52.6 Å². The number of carbonyl (C=O) groups is 2. The number of carbonyl (C=O) groups excluding carboxylic acids is 2. The van der Waals surface area contributed by atoms with E-state index < -0.39 is 20.3 Å². The molecule has 0 spiro atoms. The summed E-state index contributed by atoms with van der Waals surface area (Å²) in [6.45, 7) is 8.67. The van der Waals surface area contributed by atoms with Crippen LogP contribution in [0.25, 0.3) is 0 Å². The van der Waals surface area contributed by atoms with Gasteiger partial charge in [0.2, 0.25) is 0 Å². The molecule has 0 rings (SSSR count). The summed E-state index contributed by atoms with van der Waals surface area (Å²) in [6.07, 6.45) is 6.23. The smallest absolute Gasteiger partial charge is 0.331 e. The third-order valence-corrected chi connectivity index (χ3v) is 8.11. The highest BCUT2D eigenvalue weighted by molar-refractivity contribution is 6.75. The van der Waals surface area contributed by atoms with E-state index in [2.05, 4.69) is 20.8 Å². The summed E-state index contributed by atoms with van der Waals surface area (Å²) in [7, 11) is -2.01. The summed E-state index contributed by atoms with van der Waals surface area (Å²) in [5, 5.41) is 0. The summed E-state index contributed by atoms with van der Waals surface area (Å²) < 4.78 is 10.7. The van der Waals surface area contributed by atoms with Crippen LogP contribution in [0.2, 0.25) is 18.1 Å². The summed E-state index contributed by atoms with van der Waals surface area (Å²) >= 11 is 0. The number of hydrogen-bond acceptors (Lipinski definition) is 4. The molecule has 0 aliphatic carbocycles. The molecule has 0 bridgehead atoms. The SMILES string of the molecule is CCCOC(=O)C=CC(=O)O[Si](CCC)(CCC)CCC. The van der Waals surface area contributed by atoms with Crippen LogP contribution in [0.5, 0.6) is 0 Å².